The van der Waals surface area contributed by atoms with Crippen LogP contribution >= 0.6 is 0 Å². The molecule has 0 aromatic heterocycles. The Bertz CT molecular complexity index is 714. The molecule has 2 aromatic carbocycles. The van der Waals surface area contributed by atoms with Crippen LogP contribution in [-0.2, 0) is 6.61 Å². The molecule has 0 heterocycles. The molecule has 1 N–H and O–H groups in total. The SMILES string of the molecule is CCCCCCCCCC(=O)c1ccc(C(=O)c2ccc(CO)cc2)cc1. The maximum atomic E-state index is 12.5. The molecule has 0 aliphatic rings. The zero-order chi connectivity index (χ0) is 19.5. The zero-order valence-electron chi connectivity index (χ0n) is 16.2. The fourth-order valence-corrected chi connectivity index (χ4v) is 3.12. The number of carbonyl (C=O) groups excluding carboxylic acids is 2. The van der Waals surface area contributed by atoms with Gasteiger partial charge in [-0.3, -0.25) is 9.59 Å². The number of ketones is 2. The number of Topliss-reactive ketones (excluding diaryl/α,β-unsaturated/α-hetero) is 1. The molecule has 0 fully saturated rings. The molecule has 0 aliphatic heterocycles. The summed E-state index contributed by atoms with van der Waals surface area (Å²) in [5.41, 5.74) is 2.60. The van der Waals surface area contributed by atoms with Gasteiger partial charge in [-0.1, -0.05) is 94.0 Å². The van der Waals surface area contributed by atoms with Gasteiger partial charge in [-0.05, 0) is 12.0 Å². The third-order valence-corrected chi connectivity index (χ3v) is 4.88. The molecule has 0 saturated carbocycles. The van der Waals surface area contributed by atoms with Crippen molar-refractivity contribution in [1.82, 2.24) is 0 Å². The minimum Gasteiger partial charge on any atom is -0.392 e. The summed E-state index contributed by atoms with van der Waals surface area (Å²) in [4.78, 5) is 24.8. The predicted molar refractivity (Wildman–Crippen MR) is 109 cm³/mol. The number of unbranched alkanes of at least 4 members (excludes halogenated alkanes) is 6. The lowest BCUT2D eigenvalue weighted by Crippen LogP contribution is -2.04. The average Bonchev–Trinajstić information content (AvgIpc) is 2.72. The van der Waals surface area contributed by atoms with Gasteiger partial charge < -0.3 is 5.11 Å². The van der Waals surface area contributed by atoms with Crippen molar-refractivity contribution in [2.75, 3.05) is 0 Å². The Morgan fingerprint density at radius 3 is 1.74 bits per heavy atom. The van der Waals surface area contributed by atoms with Gasteiger partial charge >= 0.3 is 0 Å². The second-order valence-electron chi connectivity index (χ2n) is 7.06. The molecular formula is C24H30O3. The summed E-state index contributed by atoms with van der Waals surface area (Å²) in [5.74, 6) is 0.0698. The first kappa shape index (κ1) is 21.0. The number of carbonyl (C=O) groups is 2. The van der Waals surface area contributed by atoms with E-state index in [0.717, 1.165) is 18.4 Å². The third-order valence-electron chi connectivity index (χ3n) is 4.88. The molecular weight excluding hydrogens is 336 g/mol. The van der Waals surface area contributed by atoms with Crippen LogP contribution in [0.15, 0.2) is 48.5 Å². The number of hydrogen-bond acceptors (Lipinski definition) is 3. The topological polar surface area (TPSA) is 54.4 Å². The first-order valence-corrected chi connectivity index (χ1v) is 10.0. The van der Waals surface area contributed by atoms with Crippen molar-refractivity contribution in [1.29, 1.82) is 0 Å². The molecule has 0 aliphatic carbocycles. The number of hydrogen-bond donors (Lipinski definition) is 1. The molecule has 3 nitrogen and oxygen atoms in total. The van der Waals surface area contributed by atoms with E-state index in [1.54, 1.807) is 48.5 Å². The minimum absolute atomic E-state index is 0.0377. The highest BCUT2D eigenvalue weighted by atomic mass is 16.3. The molecule has 0 spiro atoms. The van der Waals surface area contributed by atoms with E-state index in [-0.39, 0.29) is 18.2 Å². The summed E-state index contributed by atoms with van der Waals surface area (Å²) >= 11 is 0. The number of aliphatic hydroxyl groups is 1. The first-order valence-electron chi connectivity index (χ1n) is 10.0. The fourth-order valence-electron chi connectivity index (χ4n) is 3.12. The fraction of sp³-hybridized carbons (Fsp3) is 0.417. The van der Waals surface area contributed by atoms with E-state index in [1.165, 1.54) is 32.1 Å². The van der Waals surface area contributed by atoms with Gasteiger partial charge in [0, 0.05) is 23.1 Å². The number of aliphatic hydroxyl groups excluding tert-OH is 1. The summed E-state index contributed by atoms with van der Waals surface area (Å²) in [5, 5.41) is 9.08. The standard InChI is InChI=1S/C24H30O3/c1-2-3-4-5-6-7-8-9-23(26)20-14-16-22(17-15-20)24(27)21-12-10-19(18-25)11-13-21/h10-17,25H,2-9,18H2,1H3. The van der Waals surface area contributed by atoms with Crippen LogP contribution in [0, 0.1) is 0 Å². The Balaban J connectivity index is 1.82. The van der Waals surface area contributed by atoms with E-state index in [4.69, 9.17) is 5.11 Å². The predicted octanol–water partition coefficient (Wildman–Crippen LogP) is 5.73. The molecule has 3 heteroatoms. The van der Waals surface area contributed by atoms with E-state index >= 15 is 0 Å². The van der Waals surface area contributed by atoms with Crippen molar-refractivity contribution in [2.24, 2.45) is 0 Å². The Kier molecular flexibility index (Phi) is 8.93. The van der Waals surface area contributed by atoms with Crippen molar-refractivity contribution < 1.29 is 14.7 Å². The molecule has 27 heavy (non-hydrogen) atoms. The lowest BCUT2D eigenvalue weighted by atomic mass is 9.98. The quantitative estimate of drug-likeness (QED) is 0.385. The van der Waals surface area contributed by atoms with Gasteiger partial charge in [-0.2, -0.15) is 0 Å². The second kappa shape index (κ2) is 11.5. The van der Waals surface area contributed by atoms with E-state index in [2.05, 4.69) is 6.92 Å². The van der Waals surface area contributed by atoms with Crippen LogP contribution in [0.3, 0.4) is 0 Å². The van der Waals surface area contributed by atoms with Gasteiger partial charge in [0.2, 0.25) is 0 Å². The Morgan fingerprint density at radius 2 is 1.19 bits per heavy atom. The normalized spacial score (nSPS) is 10.7. The van der Waals surface area contributed by atoms with Crippen LogP contribution in [0.2, 0.25) is 0 Å². The van der Waals surface area contributed by atoms with Crippen molar-refractivity contribution in [3.8, 4) is 0 Å². The molecule has 0 saturated heterocycles. The summed E-state index contributed by atoms with van der Waals surface area (Å²) in [6, 6.07) is 13.9. The molecule has 144 valence electrons. The molecule has 2 rings (SSSR count). The van der Waals surface area contributed by atoms with Gasteiger partial charge in [-0.15, -0.1) is 0 Å². The summed E-state index contributed by atoms with van der Waals surface area (Å²) in [6.07, 6.45) is 8.93. The van der Waals surface area contributed by atoms with Gasteiger partial charge in [0.25, 0.3) is 0 Å². The summed E-state index contributed by atoms with van der Waals surface area (Å²) < 4.78 is 0. The van der Waals surface area contributed by atoms with Crippen molar-refractivity contribution >= 4 is 11.6 Å². The van der Waals surface area contributed by atoms with Crippen LogP contribution in [-0.4, -0.2) is 16.7 Å². The van der Waals surface area contributed by atoms with Crippen LogP contribution in [0.4, 0.5) is 0 Å². The van der Waals surface area contributed by atoms with Crippen LogP contribution in [0.1, 0.15) is 90.1 Å². The monoisotopic (exact) mass is 366 g/mol. The van der Waals surface area contributed by atoms with Gasteiger partial charge in [0.05, 0.1) is 6.61 Å². The highest BCUT2D eigenvalue weighted by molar-refractivity contribution is 6.09. The maximum absolute atomic E-state index is 12.5. The van der Waals surface area contributed by atoms with Gasteiger partial charge in [-0.25, -0.2) is 0 Å². The maximum Gasteiger partial charge on any atom is 0.193 e. The minimum atomic E-state index is -0.0782. The van der Waals surface area contributed by atoms with E-state index in [1.807, 2.05) is 0 Å². The van der Waals surface area contributed by atoms with Crippen molar-refractivity contribution in [3.05, 3.63) is 70.8 Å². The zero-order valence-corrected chi connectivity index (χ0v) is 16.2. The molecule has 0 unspecified atom stereocenters. The van der Waals surface area contributed by atoms with Crippen LogP contribution < -0.4 is 0 Å². The number of benzene rings is 2. The Hall–Kier alpha value is -2.26. The smallest absolute Gasteiger partial charge is 0.193 e. The number of rotatable bonds is 12. The van der Waals surface area contributed by atoms with E-state index in [9.17, 15) is 9.59 Å². The van der Waals surface area contributed by atoms with Crippen molar-refractivity contribution in [3.63, 3.8) is 0 Å². The summed E-state index contributed by atoms with van der Waals surface area (Å²) in [7, 11) is 0. The molecule has 0 radical (unpaired) electrons. The van der Waals surface area contributed by atoms with E-state index < -0.39 is 0 Å². The second-order valence-corrected chi connectivity index (χ2v) is 7.06. The van der Waals surface area contributed by atoms with Gasteiger partial charge in [0.1, 0.15) is 0 Å². The van der Waals surface area contributed by atoms with Crippen molar-refractivity contribution in [2.45, 2.75) is 64.9 Å². The average molecular weight is 367 g/mol. The molecule has 2 aromatic rings. The lowest BCUT2D eigenvalue weighted by molar-refractivity contribution is 0.0977. The van der Waals surface area contributed by atoms with Crippen LogP contribution in [0.5, 0.6) is 0 Å². The van der Waals surface area contributed by atoms with E-state index in [0.29, 0.717) is 23.1 Å². The lowest BCUT2D eigenvalue weighted by Gasteiger charge is -2.05. The first-order chi connectivity index (χ1) is 13.2. The molecule has 0 atom stereocenters. The molecule has 0 bridgehead atoms. The largest absolute Gasteiger partial charge is 0.392 e. The molecule has 0 amide bonds. The highest BCUT2D eigenvalue weighted by Crippen LogP contribution is 2.15. The highest BCUT2D eigenvalue weighted by Gasteiger charge is 2.11. The van der Waals surface area contributed by atoms with Gasteiger partial charge in [0.15, 0.2) is 11.6 Å². The Labute approximate surface area is 162 Å². The third kappa shape index (κ3) is 6.76. The summed E-state index contributed by atoms with van der Waals surface area (Å²) in [6.45, 7) is 2.18. The Morgan fingerprint density at radius 1 is 0.704 bits per heavy atom. The van der Waals surface area contributed by atoms with Crippen LogP contribution in [0.25, 0.3) is 0 Å².